The summed E-state index contributed by atoms with van der Waals surface area (Å²) in [4.78, 5) is 15.7. The number of furan rings is 1. The molecule has 0 fully saturated rings. The first kappa shape index (κ1) is 13.6. The minimum atomic E-state index is -0.247. The maximum absolute atomic E-state index is 12.6. The van der Waals surface area contributed by atoms with Crippen LogP contribution in [0.1, 0.15) is 30.9 Å². The highest BCUT2D eigenvalue weighted by atomic mass is 79.9. The summed E-state index contributed by atoms with van der Waals surface area (Å²) in [5, 5.41) is 13.1. The van der Waals surface area contributed by atoms with Gasteiger partial charge in [-0.1, -0.05) is 13.8 Å². The molecule has 6 nitrogen and oxygen atoms in total. The van der Waals surface area contributed by atoms with Crippen LogP contribution in [0, 0.1) is 11.3 Å². The van der Waals surface area contributed by atoms with Gasteiger partial charge in [-0.05, 0) is 34.0 Å². The molecule has 0 saturated carbocycles. The van der Waals surface area contributed by atoms with Gasteiger partial charge in [0.15, 0.2) is 16.1 Å². The van der Waals surface area contributed by atoms with Gasteiger partial charge in [0.25, 0.3) is 5.56 Å². The molecule has 0 aromatic carbocycles. The summed E-state index contributed by atoms with van der Waals surface area (Å²) < 4.78 is 7.34. The van der Waals surface area contributed by atoms with E-state index in [4.69, 9.17) is 9.68 Å². The van der Waals surface area contributed by atoms with E-state index in [1.807, 2.05) is 19.9 Å². The molecule has 1 N–H and O–H groups in total. The van der Waals surface area contributed by atoms with E-state index in [-0.39, 0.29) is 11.5 Å². The normalized spacial score (nSPS) is 11.2. The molecule has 0 amide bonds. The van der Waals surface area contributed by atoms with Crippen molar-refractivity contribution in [1.82, 2.24) is 14.6 Å². The molecule has 0 spiro atoms. The minimum absolute atomic E-state index is 0.0215. The summed E-state index contributed by atoms with van der Waals surface area (Å²) in [6.45, 7) is 3.85. The third-order valence-corrected chi connectivity index (χ3v) is 3.65. The zero-order valence-corrected chi connectivity index (χ0v) is 12.9. The number of rotatable bonds is 2. The number of hydrogen-bond acceptors (Lipinski definition) is 4. The van der Waals surface area contributed by atoms with Crippen LogP contribution in [0.4, 0.5) is 0 Å². The molecule has 0 aliphatic heterocycles. The SMILES string of the molecule is CC(C)c1c(-c2ccc(Br)o2)[nH]c2c(C#N)cnn2c1=O. The van der Waals surface area contributed by atoms with Crippen LogP contribution < -0.4 is 5.56 Å². The van der Waals surface area contributed by atoms with Gasteiger partial charge in [0.2, 0.25) is 0 Å². The van der Waals surface area contributed by atoms with Crippen molar-refractivity contribution in [3.63, 3.8) is 0 Å². The highest BCUT2D eigenvalue weighted by molar-refractivity contribution is 9.10. The molecular formula is C14H11BrN4O2. The number of nitrogens with zero attached hydrogens (tertiary/aromatic N) is 3. The number of nitrogens with one attached hydrogen (secondary N) is 1. The van der Waals surface area contributed by atoms with Gasteiger partial charge < -0.3 is 9.40 Å². The van der Waals surface area contributed by atoms with Gasteiger partial charge in [-0.3, -0.25) is 4.79 Å². The first-order valence-corrected chi connectivity index (χ1v) is 7.12. The van der Waals surface area contributed by atoms with Crippen molar-refractivity contribution in [2.75, 3.05) is 0 Å². The van der Waals surface area contributed by atoms with Crippen molar-refractivity contribution < 1.29 is 4.42 Å². The highest BCUT2D eigenvalue weighted by Gasteiger charge is 2.20. The van der Waals surface area contributed by atoms with Gasteiger partial charge in [0, 0.05) is 5.56 Å². The number of fused-ring (bicyclic) bond motifs is 1. The average Bonchev–Trinajstić information content (AvgIpc) is 3.03. The van der Waals surface area contributed by atoms with Crippen molar-refractivity contribution in [3.05, 3.63) is 44.5 Å². The molecule has 21 heavy (non-hydrogen) atoms. The standard InChI is InChI=1S/C14H11BrN4O2/c1-7(2)11-12(9-3-4-10(15)21-9)18-13-8(5-16)6-17-19(13)14(11)20/h3-4,6-7,18H,1-2H3. The lowest BCUT2D eigenvalue weighted by atomic mass is 10.0. The molecule has 0 bridgehead atoms. The van der Waals surface area contributed by atoms with E-state index in [1.165, 1.54) is 10.7 Å². The predicted molar refractivity (Wildman–Crippen MR) is 80.0 cm³/mol. The van der Waals surface area contributed by atoms with Crippen molar-refractivity contribution in [1.29, 1.82) is 5.26 Å². The molecule has 3 rings (SSSR count). The van der Waals surface area contributed by atoms with Crippen molar-refractivity contribution >= 4 is 21.6 Å². The first-order chi connectivity index (χ1) is 10.0. The fourth-order valence-corrected chi connectivity index (χ4v) is 2.60. The Bertz CT molecular complexity index is 927. The van der Waals surface area contributed by atoms with E-state index in [1.54, 1.807) is 12.1 Å². The summed E-state index contributed by atoms with van der Waals surface area (Å²) in [5.74, 6) is 0.516. The number of H-pyrrole nitrogens is 1. The van der Waals surface area contributed by atoms with E-state index >= 15 is 0 Å². The van der Waals surface area contributed by atoms with Crippen molar-refractivity contribution in [2.24, 2.45) is 0 Å². The van der Waals surface area contributed by atoms with Crippen LogP contribution in [0.2, 0.25) is 0 Å². The summed E-state index contributed by atoms with van der Waals surface area (Å²) in [6.07, 6.45) is 1.37. The van der Waals surface area contributed by atoms with Gasteiger partial charge in [-0.15, -0.1) is 0 Å². The molecule has 3 aromatic rings. The Balaban J connectivity index is 2.44. The van der Waals surface area contributed by atoms with Crippen molar-refractivity contribution in [2.45, 2.75) is 19.8 Å². The molecule has 0 unspecified atom stereocenters. The Labute approximate surface area is 128 Å². The summed E-state index contributed by atoms with van der Waals surface area (Å²) in [6, 6.07) is 5.53. The molecule has 7 heteroatoms. The number of nitriles is 1. The summed E-state index contributed by atoms with van der Waals surface area (Å²) in [5.41, 5.74) is 1.58. The van der Waals surface area contributed by atoms with Gasteiger partial charge in [0.05, 0.1) is 11.9 Å². The Hall–Kier alpha value is -2.33. The molecule has 3 aromatic heterocycles. The smallest absolute Gasteiger partial charge is 0.278 e. The molecular weight excluding hydrogens is 336 g/mol. The van der Waals surface area contributed by atoms with Crippen LogP contribution in [-0.2, 0) is 0 Å². The van der Waals surface area contributed by atoms with Crippen LogP contribution >= 0.6 is 15.9 Å². The zero-order valence-electron chi connectivity index (χ0n) is 11.3. The van der Waals surface area contributed by atoms with Crippen LogP contribution in [0.15, 0.2) is 32.2 Å². The van der Waals surface area contributed by atoms with Crippen LogP contribution in [0.25, 0.3) is 17.1 Å². The molecule has 0 aliphatic carbocycles. The minimum Gasteiger partial charge on any atom is -0.448 e. The van der Waals surface area contributed by atoms with Gasteiger partial charge in [-0.2, -0.15) is 14.9 Å². The van der Waals surface area contributed by atoms with E-state index < -0.39 is 0 Å². The maximum atomic E-state index is 12.6. The van der Waals surface area contributed by atoms with Crippen LogP contribution in [0.3, 0.4) is 0 Å². The number of halogens is 1. The number of aromatic nitrogens is 3. The second kappa shape index (κ2) is 4.90. The fourth-order valence-electron chi connectivity index (χ4n) is 2.29. The quantitative estimate of drug-likeness (QED) is 0.772. The number of aromatic amines is 1. The van der Waals surface area contributed by atoms with Gasteiger partial charge in [0.1, 0.15) is 11.6 Å². The largest absolute Gasteiger partial charge is 0.448 e. The van der Waals surface area contributed by atoms with Gasteiger partial charge in [-0.25, -0.2) is 0 Å². The zero-order chi connectivity index (χ0) is 15.1. The fraction of sp³-hybridized carbons (Fsp3) is 0.214. The highest BCUT2D eigenvalue weighted by Crippen LogP contribution is 2.29. The van der Waals surface area contributed by atoms with E-state index in [2.05, 4.69) is 26.0 Å². The lowest BCUT2D eigenvalue weighted by Gasteiger charge is -2.11. The third-order valence-electron chi connectivity index (χ3n) is 3.22. The molecule has 0 aliphatic rings. The van der Waals surface area contributed by atoms with E-state index in [0.29, 0.717) is 32.9 Å². The Morgan fingerprint density at radius 2 is 2.24 bits per heavy atom. The predicted octanol–water partition coefficient (Wildman–Crippen LogP) is 3.04. The van der Waals surface area contributed by atoms with E-state index in [9.17, 15) is 4.79 Å². The second-order valence-electron chi connectivity index (χ2n) is 4.91. The lowest BCUT2D eigenvalue weighted by Crippen LogP contribution is -2.22. The molecule has 0 radical (unpaired) electrons. The summed E-state index contributed by atoms with van der Waals surface area (Å²) in [7, 11) is 0. The van der Waals surface area contributed by atoms with Crippen molar-refractivity contribution in [3.8, 4) is 17.5 Å². The third kappa shape index (κ3) is 2.08. The Kier molecular flexibility index (Phi) is 3.18. The van der Waals surface area contributed by atoms with E-state index in [0.717, 1.165) is 0 Å². The lowest BCUT2D eigenvalue weighted by molar-refractivity contribution is 0.552. The Morgan fingerprint density at radius 1 is 1.48 bits per heavy atom. The van der Waals surface area contributed by atoms with Crippen LogP contribution in [0.5, 0.6) is 0 Å². The monoisotopic (exact) mass is 346 g/mol. The first-order valence-electron chi connectivity index (χ1n) is 6.32. The second-order valence-corrected chi connectivity index (χ2v) is 5.69. The topological polar surface area (TPSA) is 87.1 Å². The molecule has 0 atom stereocenters. The van der Waals surface area contributed by atoms with Gasteiger partial charge >= 0.3 is 0 Å². The molecule has 3 heterocycles. The maximum Gasteiger partial charge on any atom is 0.278 e. The Morgan fingerprint density at radius 3 is 2.81 bits per heavy atom. The summed E-state index contributed by atoms with van der Waals surface area (Å²) >= 11 is 3.25. The molecule has 0 saturated heterocycles. The van der Waals surface area contributed by atoms with Crippen LogP contribution in [-0.4, -0.2) is 14.6 Å². The average molecular weight is 347 g/mol. The molecule has 106 valence electrons. The number of hydrogen-bond donors (Lipinski definition) is 1.